The molecule has 1 aliphatic rings. The molecule has 3 rings (SSSR count). The van der Waals surface area contributed by atoms with Gasteiger partial charge in [0, 0.05) is 27.9 Å². The zero-order valence-electron chi connectivity index (χ0n) is 9.72. The van der Waals surface area contributed by atoms with Crippen molar-refractivity contribution in [1.29, 1.82) is 0 Å². The van der Waals surface area contributed by atoms with Gasteiger partial charge in [-0.2, -0.15) is 0 Å². The summed E-state index contributed by atoms with van der Waals surface area (Å²) >= 11 is 7.92. The Morgan fingerprint density at radius 3 is 2.94 bits per heavy atom. The fourth-order valence-electron chi connectivity index (χ4n) is 2.29. The number of benzene rings is 1. The van der Waals surface area contributed by atoms with E-state index in [9.17, 15) is 0 Å². The van der Waals surface area contributed by atoms with Crippen LogP contribution in [-0.4, -0.2) is 6.54 Å². The summed E-state index contributed by atoms with van der Waals surface area (Å²) in [5.41, 5.74) is 4.03. The van der Waals surface area contributed by atoms with Crippen LogP contribution in [0, 0.1) is 6.92 Å². The van der Waals surface area contributed by atoms with Gasteiger partial charge in [-0.15, -0.1) is 11.3 Å². The Labute approximate surface area is 110 Å². The van der Waals surface area contributed by atoms with Gasteiger partial charge >= 0.3 is 0 Å². The molecule has 1 aliphatic heterocycles. The molecule has 3 heteroatoms. The normalized spacial score (nSPS) is 14.7. The van der Waals surface area contributed by atoms with Crippen molar-refractivity contribution in [1.82, 2.24) is 5.32 Å². The third-order valence-corrected chi connectivity index (χ3v) is 4.70. The monoisotopic (exact) mass is 263 g/mol. The van der Waals surface area contributed by atoms with Gasteiger partial charge in [0.2, 0.25) is 0 Å². The van der Waals surface area contributed by atoms with Crippen LogP contribution in [0.4, 0.5) is 0 Å². The molecule has 2 heterocycles. The van der Waals surface area contributed by atoms with Crippen LogP contribution >= 0.6 is 22.9 Å². The molecule has 0 fully saturated rings. The Morgan fingerprint density at radius 2 is 2.18 bits per heavy atom. The lowest BCUT2D eigenvalue weighted by molar-refractivity contribution is 0.653. The lowest BCUT2D eigenvalue weighted by atomic mass is 10.1. The minimum Gasteiger partial charge on any atom is -0.312 e. The summed E-state index contributed by atoms with van der Waals surface area (Å²) in [6, 6.07) is 8.46. The standard InChI is InChI=1S/C14H14ClNS/c1-9-6-11(15)2-3-12(9)14-7-10-8-16-5-4-13(10)17-14/h2-3,6-7,16H,4-5,8H2,1H3. The molecule has 17 heavy (non-hydrogen) atoms. The first-order chi connectivity index (χ1) is 8.24. The summed E-state index contributed by atoms with van der Waals surface area (Å²) in [6.45, 7) is 4.24. The largest absolute Gasteiger partial charge is 0.312 e. The van der Waals surface area contributed by atoms with Crippen molar-refractivity contribution in [2.24, 2.45) is 0 Å². The second-order valence-electron chi connectivity index (χ2n) is 4.45. The molecule has 88 valence electrons. The van der Waals surface area contributed by atoms with E-state index in [4.69, 9.17) is 11.6 Å². The zero-order chi connectivity index (χ0) is 11.8. The van der Waals surface area contributed by atoms with Crippen LogP contribution in [0.5, 0.6) is 0 Å². The van der Waals surface area contributed by atoms with Gasteiger partial charge < -0.3 is 5.32 Å². The maximum Gasteiger partial charge on any atom is 0.0409 e. The van der Waals surface area contributed by atoms with E-state index >= 15 is 0 Å². The first-order valence-electron chi connectivity index (χ1n) is 5.83. The summed E-state index contributed by atoms with van der Waals surface area (Å²) in [5.74, 6) is 0. The molecule has 1 N–H and O–H groups in total. The van der Waals surface area contributed by atoms with Gasteiger partial charge in [0.25, 0.3) is 0 Å². The van der Waals surface area contributed by atoms with Crippen molar-refractivity contribution >= 4 is 22.9 Å². The Kier molecular flexibility index (Phi) is 2.95. The molecule has 1 aromatic carbocycles. The first kappa shape index (κ1) is 11.3. The topological polar surface area (TPSA) is 12.0 Å². The number of aryl methyl sites for hydroxylation is 1. The second kappa shape index (κ2) is 4.45. The van der Waals surface area contributed by atoms with E-state index in [2.05, 4.69) is 24.4 Å². The minimum atomic E-state index is 0.814. The van der Waals surface area contributed by atoms with Gasteiger partial charge in [-0.1, -0.05) is 17.7 Å². The fourth-order valence-corrected chi connectivity index (χ4v) is 3.79. The molecule has 0 saturated heterocycles. The highest BCUT2D eigenvalue weighted by molar-refractivity contribution is 7.15. The van der Waals surface area contributed by atoms with Gasteiger partial charge in [-0.3, -0.25) is 0 Å². The van der Waals surface area contributed by atoms with E-state index in [0.717, 1.165) is 24.5 Å². The van der Waals surface area contributed by atoms with Gasteiger partial charge in [0.1, 0.15) is 0 Å². The molecule has 0 spiro atoms. The average Bonchev–Trinajstić information content (AvgIpc) is 2.72. The van der Waals surface area contributed by atoms with E-state index in [1.165, 1.54) is 26.4 Å². The first-order valence-corrected chi connectivity index (χ1v) is 7.02. The highest BCUT2D eigenvalue weighted by atomic mass is 35.5. The molecule has 0 amide bonds. The zero-order valence-corrected chi connectivity index (χ0v) is 11.3. The Morgan fingerprint density at radius 1 is 1.29 bits per heavy atom. The third kappa shape index (κ3) is 2.13. The van der Waals surface area contributed by atoms with E-state index in [0.29, 0.717) is 0 Å². The summed E-state index contributed by atoms with van der Waals surface area (Å²) in [4.78, 5) is 2.90. The van der Waals surface area contributed by atoms with E-state index < -0.39 is 0 Å². The lowest BCUT2D eigenvalue weighted by Gasteiger charge is -2.10. The molecule has 0 unspecified atom stereocenters. The smallest absolute Gasteiger partial charge is 0.0409 e. The molecule has 1 aromatic heterocycles. The number of hydrogen-bond donors (Lipinski definition) is 1. The van der Waals surface area contributed by atoms with Crippen molar-refractivity contribution < 1.29 is 0 Å². The third-order valence-electron chi connectivity index (χ3n) is 3.19. The van der Waals surface area contributed by atoms with E-state index in [1.54, 1.807) is 0 Å². The Bertz CT molecular complexity index is 536. The van der Waals surface area contributed by atoms with Crippen LogP contribution < -0.4 is 5.32 Å². The Balaban J connectivity index is 2.06. The van der Waals surface area contributed by atoms with E-state index in [1.807, 2.05) is 23.5 Å². The van der Waals surface area contributed by atoms with Gasteiger partial charge in [0.05, 0.1) is 0 Å². The predicted molar refractivity (Wildman–Crippen MR) is 74.9 cm³/mol. The molecule has 1 nitrogen and oxygen atoms in total. The van der Waals surface area contributed by atoms with Crippen LogP contribution in [0.3, 0.4) is 0 Å². The molecule has 0 aliphatic carbocycles. The number of thiophene rings is 1. The van der Waals surface area contributed by atoms with Crippen molar-refractivity contribution in [3.63, 3.8) is 0 Å². The van der Waals surface area contributed by atoms with Crippen molar-refractivity contribution in [3.8, 4) is 10.4 Å². The lowest BCUT2D eigenvalue weighted by Crippen LogP contribution is -2.21. The minimum absolute atomic E-state index is 0.814. The summed E-state index contributed by atoms with van der Waals surface area (Å²) < 4.78 is 0. The quantitative estimate of drug-likeness (QED) is 0.819. The van der Waals surface area contributed by atoms with Crippen LogP contribution in [0.15, 0.2) is 24.3 Å². The highest BCUT2D eigenvalue weighted by Crippen LogP contribution is 2.35. The molecule has 0 bridgehead atoms. The molecule has 0 radical (unpaired) electrons. The molecular weight excluding hydrogens is 250 g/mol. The number of nitrogens with one attached hydrogen (secondary N) is 1. The molecule has 2 aromatic rings. The summed E-state index contributed by atoms with van der Waals surface area (Å²) in [6.07, 6.45) is 1.16. The number of fused-ring (bicyclic) bond motifs is 1. The average molecular weight is 264 g/mol. The van der Waals surface area contributed by atoms with Gasteiger partial charge in [-0.25, -0.2) is 0 Å². The van der Waals surface area contributed by atoms with Crippen molar-refractivity contribution in [3.05, 3.63) is 45.3 Å². The number of hydrogen-bond acceptors (Lipinski definition) is 2. The van der Waals surface area contributed by atoms with Crippen LogP contribution in [0.25, 0.3) is 10.4 Å². The summed E-state index contributed by atoms with van der Waals surface area (Å²) in [7, 11) is 0. The maximum absolute atomic E-state index is 6.00. The van der Waals surface area contributed by atoms with E-state index in [-0.39, 0.29) is 0 Å². The second-order valence-corrected chi connectivity index (χ2v) is 6.02. The predicted octanol–water partition coefficient (Wildman–Crippen LogP) is 4.02. The summed E-state index contributed by atoms with van der Waals surface area (Å²) in [5, 5.41) is 4.23. The SMILES string of the molecule is Cc1cc(Cl)ccc1-c1cc2c(s1)CCNC2. The number of halogens is 1. The van der Waals surface area contributed by atoms with Crippen molar-refractivity contribution in [2.75, 3.05) is 6.54 Å². The van der Waals surface area contributed by atoms with Crippen molar-refractivity contribution in [2.45, 2.75) is 19.9 Å². The maximum atomic E-state index is 6.00. The van der Waals surface area contributed by atoms with Gasteiger partial charge in [-0.05, 0) is 48.2 Å². The molecule has 0 atom stereocenters. The molecule has 0 saturated carbocycles. The fraction of sp³-hybridized carbons (Fsp3) is 0.286. The molecular formula is C14H14ClNS. The number of rotatable bonds is 1. The van der Waals surface area contributed by atoms with Crippen LogP contribution in [-0.2, 0) is 13.0 Å². The van der Waals surface area contributed by atoms with Crippen LogP contribution in [0.1, 0.15) is 16.0 Å². The van der Waals surface area contributed by atoms with Crippen LogP contribution in [0.2, 0.25) is 5.02 Å². The Hall–Kier alpha value is -0.830. The van der Waals surface area contributed by atoms with Gasteiger partial charge in [0.15, 0.2) is 0 Å². The highest BCUT2D eigenvalue weighted by Gasteiger charge is 2.14.